The lowest BCUT2D eigenvalue weighted by Crippen LogP contribution is -2.45. The fourth-order valence-electron chi connectivity index (χ4n) is 4.19. The Labute approximate surface area is 138 Å². The SMILES string of the molecule is O=C(NC1C2CCC(C2)C1CO)c1cnn(-c2ccc(F)cc2)n1. The molecular formula is C17H19FN4O2. The van der Waals surface area contributed by atoms with Crippen LogP contribution in [0.25, 0.3) is 5.69 Å². The maximum atomic E-state index is 13.0. The summed E-state index contributed by atoms with van der Waals surface area (Å²) < 4.78 is 13.0. The smallest absolute Gasteiger partial charge is 0.273 e. The van der Waals surface area contributed by atoms with Crippen molar-refractivity contribution in [2.45, 2.75) is 25.3 Å². The number of aromatic nitrogens is 3. The highest BCUT2D eigenvalue weighted by Crippen LogP contribution is 2.48. The van der Waals surface area contributed by atoms with Crippen LogP contribution >= 0.6 is 0 Å². The zero-order chi connectivity index (χ0) is 16.7. The molecule has 7 heteroatoms. The summed E-state index contributed by atoms with van der Waals surface area (Å²) >= 11 is 0. The molecule has 0 aliphatic heterocycles. The first kappa shape index (κ1) is 15.3. The van der Waals surface area contributed by atoms with E-state index in [4.69, 9.17) is 0 Å². The van der Waals surface area contributed by atoms with Crippen LogP contribution in [0.1, 0.15) is 29.8 Å². The van der Waals surface area contributed by atoms with Crippen LogP contribution in [-0.2, 0) is 0 Å². The molecule has 0 spiro atoms. The molecule has 4 unspecified atom stereocenters. The van der Waals surface area contributed by atoms with Crippen LogP contribution in [-0.4, -0.2) is 38.7 Å². The van der Waals surface area contributed by atoms with Crippen molar-refractivity contribution in [3.63, 3.8) is 0 Å². The molecule has 1 aromatic heterocycles. The first-order chi connectivity index (χ1) is 11.7. The second-order valence-corrected chi connectivity index (χ2v) is 6.67. The summed E-state index contributed by atoms with van der Waals surface area (Å²) in [6.45, 7) is 0.106. The molecule has 0 saturated heterocycles. The van der Waals surface area contributed by atoms with Crippen molar-refractivity contribution in [3.05, 3.63) is 42.0 Å². The van der Waals surface area contributed by atoms with Gasteiger partial charge in [-0.1, -0.05) is 0 Å². The molecule has 2 aliphatic rings. The predicted octanol–water partition coefficient (Wildman–Crippen LogP) is 1.54. The molecule has 2 saturated carbocycles. The van der Waals surface area contributed by atoms with Gasteiger partial charge < -0.3 is 10.4 Å². The van der Waals surface area contributed by atoms with Gasteiger partial charge in [0.05, 0.1) is 11.9 Å². The molecule has 2 bridgehead atoms. The minimum absolute atomic E-state index is 0.0113. The molecule has 6 nitrogen and oxygen atoms in total. The molecule has 4 rings (SSSR count). The molecule has 1 aromatic carbocycles. The number of nitrogens with one attached hydrogen (secondary N) is 1. The zero-order valence-electron chi connectivity index (χ0n) is 13.1. The Hall–Kier alpha value is -2.28. The number of amides is 1. The van der Waals surface area contributed by atoms with Crippen molar-refractivity contribution in [1.82, 2.24) is 20.3 Å². The summed E-state index contributed by atoms with van der Waals surface area (Å²) in [7, 11) is 0. The third-order valence-electron chi connectivity index (χ3n) is 5.38. The van der Waals surface area contributed by atoms with Crippen LogP contribution in [0.2, 0.25) is 0 Å². The number of fused-ring (bicyclic) bond motifs is 2. The second kappa shape index (κ2) is 5.98. The maximum Gasteiger partial charge on any atom is 0.273 e. The highest BCUT2D eigenvalue weighted by Gasteiger charge is 2.47. The Balaban J connectivity index is 1.48. The fraction of sp³-hybridized carbons (Fsp3) is 0.471. The second-order valence-electron chi connectivity index (χ2n) is 6.67. The minimum atomic E-state index is -0.338. The third kappa shape index (κ3) is 2.58. The number of hydrogen-bond acceptors (Lipinski definition) is 4. The van der Waals surface area contributed by atoms with Crippen LogP contribution in [0.15, 0.2) is 30.5 Å². The molecule has 4 atom stereocenters. The van der Waals surface area contributed by atoms with Crippen molar-refractivity contribution in [1.29, 1.82) is 0 Å². The normalized spacial score (nSPS) is 28.2. The van der Waals surface area contributed by atoms with Crippen LogP contribution in [0, 0.1) is 23.6 Å². The van der Waals surface area contributed by atoms with Gasteiger partial charge in [-0.3, -0.25) is 4.79 Å². The molecule has 2 N–H and O–H groups in total. The number of rotatable bonds is 4. The van der Waals surface area contributed by atoms with Crippen molar-refractivity contribution in [2.24, 2.45) is 17.8 Å². The summed E-state index contributed by atoms with van der Waals surface area (Å²) in [6, 6.07) is 5.75. The van der Waals surface area contributed by atoms with E-state index in [9.17, 15) is 14.3 Å². The highest BCUT2D eigenvalue weighted by molar-refractivity contribution is 5.92. The van der Waals surface area contributed by atoms with Gasteiger partial charge in [0.15, 0.2) is 5.69 Å². The summed E-state index contributed by atoms with van der Waals surface area (Å²) in [4.78, 5) is 13.8. The molecule has 24 heavy (non-hydrogen) atoms. The van der Waals surface area contributed by atoms with E-state index in [-0.39, 0.29) is 36.0 Å². The Morgan fingerprint density at radius 2 is 2.04 bits per heavy atom. The van der Waals surface area contributed by atoms with Crippen LogP contribution in [0.4, 0.5) is 4.39 Å². The van der Waals surface area contributed by atoms with E-state index in [0.717, 1.165) is 19.3 Å². The number of aliphatic hydroxyl groups excluding tert-OH is 1. The van der Waals surface area contributed by atoms with Gasteiger partial charge in [0.2, 0.25) is 0 Å². The topological polar surface area (TPSA) is 80.0 Å². The van der Waals surface area contributed by atoms with E-state index in [2.05, 4.69) is 15.5 Å². The minimum Gasteiger partial charge on any atom is -0.396 e. The van der Waals surface area contributed by atoms with Crippen molar-refractivity contribution in [3.8, 4) is 5.69 Å². The first-order valence-corrected chi connectivity index (χ1v) is 8.25. The number of halogens is 1. The lowest BCUT2D eigenvalue weighted by molar-refractivity contribution is 0.0856. The standard InChI is InChI=1S/C17H19FN4O2/c18-12-3-5-13(6-4-12)22-19-8-15(21-22)17(24)20-16-11-2-1-10(7-11)14(16)9-23/h3-6,8,10-11,14,16,23H,1-2,7,9H2,(H,20,24). The molecular weight excluding hydrogens is 311 g/mol. The zero-order valence-corrected chi connectivity index (χ0v) is 13.1. The van der Waals surface area contributed by atoms with E-state index in [1.165, 1.54) is 23.1 Å². The average molecular weight is 330 g/mol. The van der Waals surface area contributed by atoms with Gasteiger partial charge in [-0.05, 0) is 55.4 Å². The highest BCUT2D eigenvalue weighted by atomic mass is 19.1. The van der Waals surface area contributed by atoms with Gasteiger partial charge in [0, 0.05) is 18.6 Å². The number of carbonyl (C=O) groups is 1. The first-order valence-electron chi connectivity index (χ1n) is 8.25. The summed E-state index contributed by atoms with van der Waals surface area (Å²) in [5, 5.41) is 20.9. The summed E-state index contributed by atoms with van der Waals surface area (Å²) in [5.74, 6) is 0.484. The number of benzene rings is 1. The number of aliphatic hydroxyl groups is 1. The average Bonchev–Trinajstić information content (AvgIpc) is 3.31. The molecule has 1 amide bonds. The molecule has 1 heterocycles. The molecule has 0 radical (unpaired) electrons. The lowest BCUT2D eigenvalue weighted by Gasteiger charge is -2.30. The summed E-state index contributed by atoms with van der Waals surface area (Å²) in [5.41, 5.74) is 0.808. The molecule has 2 aromatic rings. The van der Waals surface area contributed by atoms with E-state index in [1.54, 1.807) is 12.1 Å². The van der Waals surface area contributed by atoms with Crippen molar-refractivity contribution in [2.75, 3.05) is 6.61 Å². The summed E-state index contributed by atoms with van der Waals surface area (Å²) in [6.07, 6.45) is 4.73. The van der Waals surface area contributed by atoms with Crippen LogP contribution in [0.5, 0.6) is 0 Å². The molecule has 2 fully saturated rings. The van der Waals surface area contributed by atoms with Gasteiger partial charge in [-0.2, -0.15) is 9.90 Å². The fourth-order valence-corrected chi connectivity index (χ4v) is 4.19. The van der Waals surface area contributed by atoms with Crippen LogP contribution < -0.4 is 5.32 Å². The Morgan fingerprint density at radius 3 is 2.79 bits per heavy atom. The number of carbonyl (C=O) groups excluding carboxylic acids is 1. The lowest BCUT2D eigenvalue weighted by atomic mass is 9.85. The quantitative estimate of drug-likeness (QED) is 0.891. The predicted molar refractivity (Wildman–Crippen MR) is 84.0 cm³/mol. The van der Waals surface area contributed by atoms with Gasteiger partial charge in [-0.15, -0.1) is 5.10 Å². The monoisotopic (exact) mass is 330 g/mol. The van der Waals surface area contributed by atoms with Crippen LogP contribution in [0.3, 0.4) is 0 Å². The van der Waals surface area contributed by atoms with E-state index in [1.807, 2.05) is 0 Å². The largest absolute Gasteiger partial charge is 0.396 e. The van der Waals surface area contributed by atoms with Crippen molar-refractivity contribution >= 4 is 5.91 Å². The Bertz CT molecular complexity index is 745. The van der Waals surface area contributed by atoms with Gasteiger partial charge >= 0.3 is 0 Å². The molecule has 126 valence electrons. The van der Waals surface area contributed by atoms with E-state index >= 15 is 0 Å². The van der Waals surface area contributed by atoms with E-state index < -0.39 is 0 Å². The Morgan fingerprint density at radius 1 is 1.29 bits per heavy atom. The molecule has 2 aliphatic carbocycles. The van der Waals surface area contributed by atoms with Gasteiger partial charge in [0.25, 0.3) is 5.91 Å². The van der Waals surface area contributed by atoms with E-state index in [0.29, 0.717) is 17.5 Å². The number of nitrogens with zero attached hydrogens (tertiary/aromatic N) is 3. The third-order valence-corrected chi connectivity index (χ3v) is 5.38. The maximum absolute atomic E-state index is 13.0. The Kier molecular flexibility index (Phi) is 3.80. The van der Waals surface area contributed by atoms with Crippen molar-refractivity contribution < 1.29 is 14.3 Å². The number of hydrogen-bond donors (Lipinski definition) is 2. The van der Waals surface area contributed by atoms with Gasteiger partial charge in [-0.25, -0.2) is 4.39 Å². The van der Waals surface area contributed by atoms with Gasteiger partial charge in [0.1, 0.15) is 5.82 Å².